The Kier molecular flexibility index (Phi) is 5.20. The first-order valence-electron chi connectivity index (χ1n) is 6.94. The monoisotopic (exact) mass is 402 g/mol. The number of fused-ring (bicyclic) bond motifs is 1. The van der Waals surface area contributed by atoms with Crippen LogP contribution >= 0.6 is 50.6 Å². The summed E-state index contributed by atoms with van der Waals surface area (Å²) in [5.74, 6) is 3.23. The molecule has 1 aliphatic heterocycles. The SMILES string of the molecule is CCOc1ccc(C(Cl)c2cc3c(s2)CCSC3)c(Br)c1. The number of ether oxygens (including phenoxy) is 1. The summed E-state index contributed by atoms with van der Waals surface area (Å²) in [5, 5.41) is -0.101. The topological polar surface area (TPSA) is 9.23 Å². The maximum absolute atomic E-state index is 6.72. The molecule has 1 aliphatic rings. The van der Waals surface area contributed by atoms with Gasteiger partial charge in [0.25, 0.3) is 0 Å². The van der Waals surface area contributed by atoms with Gasteiger partial charge in [0.1, 0.15) is 5.75 Å². The second-order valence-electron chi connectivity index (χ2n) is 4.88. The van der Waals surface area contributed by atoms with Crippen molar-refractivity contribution in [3.63, 3.8) is 0 Å². The minimum atomic E-state index is -0.101. The molecule has 0 N–H and O–H groups in total. The highest BCUT2D eigenvalue weighted by Crippen LogP contribution is 2.41. The van der Waals surface area contributed by atoms with Crippen molar-refractivity contribution >= 4 is 50.6 Å². The first-order chi connectivity index (χ1) is 10.2. The van der Waals surface area contributed by atoms with Gasteiger partial charge in [0.2, 0.25) is 0 Å². The van der Waals surface area contributed by atoms with Crippen molar-refractivity contribution in [2.24, 2.45) is 0 Å². The predicted molar refractivity (Wildman–Crippen MR) is 97.2 cm³/mol. The molecule has 0 fully saturated rings. The molecule has 2 heterocycles. The summed E-state index contributed by atoms with van der Waals surface area (Å²) in [6.45, 7) is 2.66. The Hall–Kier alpha value is -0.160. The number of thiophene rings is 1. The second-order valence-corrected chi connectivity index (χ2v) is 8.44. The average Bonchev–Trinajstić information content (AvgIpc) is 2.91. The highest BCUT2D eigenvalue weighted by Gasteiger charge is 2.21. The van der Waals surface area contributed by atoms with E-state index in [1.54, 1.807) is 0 Å². The number of alkyl halides is 1. The maximum atomic E-state index is 6.72. The Labute approximate surface area is 147 Å². The Bertz CT molecular complexity index is 618. The predicted octanol–water partition coefficient (Wildman–Crippen LogP) is 6.03. The van der Waals surface area contributed by atoms with Crippen LogP contribution in [0.1, 0.15) is 33.2 Å². The fourth-order valence-electron chi connectivity index (χ4n) is 2.42. The molecule has 0 saturated heterocycles. The van der Waals surface area contributed by atoms with Crippen molar-refractivity contribution in [1.29, 1.82) is 0 Å². The normalized spacial score (nSPS) is 15.6. The molecule has 21 heavy (non-hydrogen) atoms. The Morgan fingerprint density at radius 3 is 2.95 bits per heavy atom. The number of aryl methyl sites for hydroxylation is 1. The van der Waals surface area contributed by atoms with Gasteiger partial charge < -0.3 is 4.74 Å². The molecule has 0 radical (unpaired) electrons. The second kappa shape index (κ2) is 6.95. The maximum Gasteiger partial charge on any atom is 0.120 e. The lowest BCUT2D eigenvalue weighted by molar-refractivity contribution is 0.340. The number of hydrogen-bond acceptors (Lipinski definition) is 3. The van der Waals surface area contributed by atoms with Gasteiger partial charge in [-0.15, -0.1) is 22.9 Å². The van der Waals surface area contributed by atoms with Gasteiger partial charge >= 0.3 is 0 Å². The lowest BCUT2D eigenvalue weighted by atomic mass is 10.1. The van der Waals surface area contributed by atoms with Crippen molar-refractivity contribution in [2.45, 2.75) is 24.5 Å². The summed E-state index contributed by atoms with van der Waals surface area (Å²) in [6.07, 6.45) is 1.18. The van der Waals surface area contributed by atoms with Crippen LogP contribution in [0.15, 0.2) is 28.7 Å². The number of halogens is 2. The molecule has 1 atom stereocenters. The van der Waals surface area contributed by atoms with E-state index in [1.165, 1.54) is 27.5 Å². The summed E-state index contributed by atoms with van der Waals surface area (Å²) in [4.78, 5) is 2.76. The molecular weight excluding hydrogens is 388 g/mol. The minimum absolute atomic E-state index is 0.101. The lowest BCUT2D eigenvalue weighted by Gasteiger charge is -2.12. The van der Waals surface area contributed by atoms with E-state index in [0.29, 0.717) is 6.61 Å². The number of rotatable bonds is 4. The number of hydrogen-bond donors (Lipinski definition) is 0. The molecule has 0 spiro atoms. The fourth-order valence-corrected chi connectivity index (χ4v) is 5.90. The van der Waals surface area contributed by atoms with E-state index in [-0.39, 0.29) is 5.38 Å². The van der Waals surface area contributed by atoms with Crippen LogP contribution in [0, 0.1) is 0 Å². The molecule has 5 heteroatoms. The molecule has 1 nitrogen and oxygen atoms in total. The van der Waals surface area contributed by atoms with Crippen LogP contribution in [0.5, 0.6) is 5.75 Å². The van der Waals surface area contributed by atoms with Gasteiger partial charge in [-0.05, 0) is 48.4 Å². The number of benzene rings is 1. The zero-order chi connectivity index (χ0) is 14.8. The fraction of sp³-hybridized carbons (Fsp3) is 0.375. The van der Waals surface area contributed by atoms with Gasteiger partial charge in [-0.1, -0.05) is 22.0 Å². The third-order valence-corrected chi connectivity index (χ3v) is 7.05. The van der Waals surface area contributed by atoms with Crippen LogP contribution in [-0.4, -0.2) is 12.4 Å². The molecule has 0 amide bonds. The van der Waals surface area contributed by atoms with Crippen molar-refractivity contribution in [1.82, 2.24) is 0 Å². The third-order valence-electron chi connectivity index (χ3n) is 3.45. The van der Waals surface area contributed by atoms with Crippen LogP contribution in [-0.2, 0) is 12.2 Å². The highest BCUT2D eigenvalue weighted by atomic mass is 79.9. The van der Waals surface area contributed by atoms with Gasteiger partial charge in [0.05, 0.1) is 12.0 Å². The summed E-state index contributed by atoms with van der Waals surface area (Å²) >= 11 is 14.2. The van der Waals surface area contributed by atoms with Crippen molar-refractivity contribution in [3.05, 3.63) is 49.6 Å². The van der Waals surface area contributed by atoms with E-state index in [9.17, 15) is 0 Å². The quantitative estimate of drug-likeness (QED) is 0.577. The first-order valence-corrected chi connectivity index (χ1v) is 10.1. The largest absolute Gasteiger partial charge is 0.494 e. The minimum Gasteiger partial charge on any atom is -0.494 e. The Morgan fingerprint density at radius 1 is 1.38 bits per heavy atom. The van der Waals surface area contributed by atoms with Crippen LogP contribution in [0.25, 0.3) is 0 Å². The molecule has 1 unspecified atom stereocenters. The molecule has 112 valence electrons. The summed E-state index contributed by atoms with van der Waals surface area (Å²) in [7, 11) is 0. The first kappa shape index (κ1) is 15.7. The van der Waals surface area contributed by atoms with Crippen molar-refractivity contribution < 1.29 is 4.74 Å². The summed E-state index contributed by atoms with van der Waals surface area (Å²) in [5.41, 5.74) is 2.57. The van der Waals surface area contributed by atoms with Crippen molar-refractivity contribution in [3.8, 4) is 5.75 Å². The standard InChI is InChI=1S/C16H16BrClOS2/c1-2-19-11-3-4-12(13(17)8-11)16(18)15-7-10-9-20-6-5-14(10)21-15/h3-4,7-8,16H,2,5-6,9H2,1H3. The van der Waals surface area contributed by atoms with Crippen LogP contribution in [0.3, 0.4) is 0 Å². The molecule has 1 aromatic carbocycles. The molecule has 0 bridgehead atoms. The smallest absolute Gasteiger partial charge is 0.120 e. The third kappa shape index (κ3) is 3.44. The summed E-state index contributed by atoms with van der Waals surface area (Å²) in [6, 6.07) is 8.33. The molecule has 3 rings (SSSR count). The molecule has 1 aromatic heterocycles. The highest BCUT2D eigenvalue weighted by molar-refractivity contribution is 9.10. The van der Waals surface area contributed by atoms with E-state index < -0.39 is 0 Å². The van der Waals surface area contributed by atoms with E-state index in [0.717, 1.165) is 21.5 Å². The Balaban J connectivity index is 1.87. The van der Waals surface area contributed by atoms with E-state index in [2.05, 4.69) is 28.1 Å². The molecular formula is C16H16BrClOS2. The Morgan fingerprint density at radius 2 is 2.24 bits per heavy atom. The van der Waals surface area contributed by atoms with Gasteiger partial charge in [0.15, 0.2) is 0 Å². The molecule has 0 aliphatic carbocycles. The zero-order valence-electron chi connectivity index (χ0n) is 11.7. The number of thioether (sulfide) groups is 1. The van der Waals surface area contributed by atoms with E-state index in [1.807, 2.05) is 42.2 Å². The van der Waals surface area contributed by atoms with Crippen LogP contribution in [0.4, 0.5) is 0 Å². The van der Waals surface area contributed by atoms with Crippen LogP contribution < -0.4 is 4.74 Å². The molecule has 2 aromatic rings. The summed E-state index contributed by atoms with van der Waals surface area (Å²) < 4.78 is 6.53. The van der Waals surface area contributed by atoms with Gasteiger partial charge in [-0.3, -0.25) is 0 Å². The van der Waals surface area contributed by atoms with Gasteiger partial charge in [-0.25, -0.2) is 0 Å². The zero-order valence-corrected chi connectivity index (χ0v) is 15.7. The molecule has 0 saturated carbocycles. The average molecular weight is 404 g/mol. The van der Waals surface area contributed by atoms with E-state index in [4.69, 9.17) is 16.3 Å². The van der Waals surface area contributed by atoms with Crippen molar-refractivity contribution in [2.75, 3.05) is 12.4 Å². The van der Waals surface area contributed by atoms with E-state index >= 15 is 0 Å². The van der Waals surface area contributed by atoms with Gasteiger partial charge in [0, 0.05) is 20.0 Å². The van der Waals surface area contributed by atoms with Gasteiger partial charge in [-0.2, -0.15) is 11.8 Å². The lowest BCUT2D eigenvalue weighted by Crippen LogP contribution is -1.96. The van der Waals surface area contributed by atoms with Crippen LogP contribution in [0.2, 0.25) is 0 Å².